The number of nitrogens with one attached hydrogen (secondary N) is 1. The lowest BCUT2D eigenvalue weighted by atomic mass is 10.1. The molecule has 0 saturated carbocycles. The van der Waals surface area contributed by atoms with Crippen molar-refractivity contribution in [2.45, 2.75) is 52.9 Å². The lowest BCUT2D eigenvalue weighted by Crippen LogP contribution is -2.17. The summed E-state index contributed by atoms with van der Waals surface area (Å²) in [6.07, 6.45) is 7.04. The molecule has 0 unspecified atom stereocenters. The van der Waals surface area contributed by atoms with E-state index in [0.29, 0.717) is 24.5 Å². The Hall–Kier alpha value is -2.82. The summed E-state index contributed by atoms with van der Waals surface area (Å²) in [7, 11) is 0. The van der Waals surface area contributed by atoms with Crippen LogP contribution in [0.25, 0.3) is 0 Å². The van der Waals surface area contributed by atoms with Crippen LogP contribution in [0.2, 0.25) is 0 Å². The Kier molecular flexibility index (Phi) is 9.76. The van der Waals surface area contributed by atoms with Gasteiger partial charge in [0.05, 0.1) is 19.4 Å². The van der Waals surface area contributed by atoms with Crippen molar-refractivity contribution in [1.82, 2.24) is 5.43 Å². The van der Waals surface area contributed by atoms with Crippen molar-refractivity contribution >= 4 is 12.1 Å². The third-order valence-corrected chi connectivity index (χ3v) is 4.44. The fraction of sp³-hybridized carbons (Fsp3) is 0.417. The number of benzene rings is 2. The van der Waals surface area contributed by atoms with Crippen LogP contribution in [0.3, 0.4) is 0 Å². The Morgan fingerprint density at radius 3 is 2.41 bits per heavy atom. The standard InChI is InChI=1S/C24H32N2O3/c1-4-7-9-19-10-13-21(14-11-19)24(27)26-25-18-20-12-15-22(29-16-8-5-2)23(17-20)28-6-3/h10-15,17-18H,4-9,16H2,1-3H3,(H,26,27). The lowest BCUT2D eigenvalue weighted by molar-refractivity contribution is 0.0955. The van der Waals surface area contributed by atoms with E-state index in [1.165, 1.54) is 5.56 Å². The minimum absolute atomic E-state index is 0.229. The van der Waals surface area contributed by atoms with E-state index in [1.54, 1.807) is 6.21 Å². The van der Waals surface area contributed by atoms with Gasteiger partial charge in [-0.05, 0) is 67.6 Å². The number of nitrogens with zero attached hydrogens (tertiary/aromatic N) is 1. The van der Waals surface area contributed by atoms with Crippen molar-refractivity contribution in [3.63, 3.8) is 0 Å². The van der Waals surface area contributed by atoms with E-state index in [9.17, 15) is 4.79 Å². The molecule has 0 heterocycles. The highest BCUT2D eigenvalue weighted by Gasteiger charge is 2.07. The Morgan fingerprint density at radius 1 is 0.966 bits per heavy atom. The molecular weight excluding hydrogens is 364 g/mol. The summed E-state index contributed by atoms with van der Waals surface area (Å²) in [5.41, 5.74) is 5.24. The maximum absolute atomic E-state index is 12.3. The van der Waals surface area contributed by atoms with Gasteiger partial charge in [0.25, 0.3) is 5.91 Å². The van der Waals surface area contributed by atoms with Crippen LogP contribution in [0.1, 0.15) is 67.9 Å². The number of rotatable bonds is 12. The number of amides is 1. The van der Waals surface area contributed by atoms with E-state index in [-0.39, 0.29) is 5.91 Å². The van der Waals surface area contributed by atoms with Gasteiger partial charge in [-0.1, -0.05) is 38.8 Å². The van der Waals surface area contributed by atoms with Crippen LogP contribution in [0.15, 0.2) is 47.6 Å². The summed E-state index contributed by atoms with van der Waals surface area (Å²) in [5, 5.41) is 4.08. The minimum atomic E-state index is -0.229. The number of carbonyl (C=O) groups excluding carboxylic acids is 1. The first-order valence-electron chi connectivity index (χ1n) is 10.5. The van der Waals surface area contributed by atoms with E-state index in [4.69, 9.17) is 9.47 Å². The van der Waals surface area contributed by atoms with Crippen LogP contribution in [0.5, 0.6) is 11.5 Å². The van der Waals surface area contributed by atoms with E-state index >= 15 is 0 Å². The zero-order valence-corrected chi connectivity index (χ0v) is 17.7. The average molecular weight is 397 g/mol. The van der Waals surface area contributed by atoms with E-state index in [0.717, 1.165) is 43.4 Å². The van der Waals surface area contributed by atoms with Gasteiger partial charge >= 0.3 is 0 Å². The molecule has 29 heavy (non-hydrogen) atoms. The van der Waals surface area contributed by atoms with E-state index < -0.39 is 0 Å². The molecule has 5 nitrogen and oxygen atoms in total. The van der Waals surface area contributed by atoms with Crippen molar-refractivity contribution in [1.29, 1.82) is 0 Å². The number of hydrogen-bond acceptors (Lipinski definition) is 4. The highest BCUT2D eigenvalue weighted by Crippen LogP contribution is 2.28. The molecule has 1 N–H and O–H groups in total. The summed E-state index contributed by atoms with van der Waals surface area (Å²) in [4.78, 5) is 12.3. The Labute approximate surface area is 174 Å². The predicted octanol–water partition coefficient (Wildman–Crippen LogP) is 5.37. The number of unbranched alkanes of at least 4 members (excludes halogenated alkanes) is 2. The fourth-order valence-electron chi connectivity index (χ4n) is 2.75. The molecule has 0 saturated heterocycles. The molecule has 156 valence electrons. The summed E-state index contributed by atoms with van der Waals surface area (Å²) >= 11 is 0. The van der Waals surface area contributed by atoms with Crippen LogP contribution >= 0.6 is 0 Å². The smallest absolute Gasteiger partial charge is 0.271 e. The zero-order valence-electron chi connectivity index (χ0n) is 17.7. The van der Waals surface area contributed by atoms with Crippen molar-refractivity contribution in [2.24, 2.45) is 5.10 Å². The van der Waals surface area contributed by atoms with Crippen LogP contribution in [0.4, 0.5) is 0 Å². The third-order valence-electron chi connectivity index (χ3n) is 4.44. The Bertz CT molecular complexity index is 785. The van der Waals surface area contributed by atoms with E-state index in [1.807, 2.05) is 49.4 Å². The van der Waals surface area contributed by atoms with Gasteiger partial charge < -0.3 is 9.47 Å². The summed E-state index contributed by atoms with van der Waals surface area (Å²) in [6.45, 7) is 7.45. The molecule has 2 aromatic carbocycles. The number of carbonyl (C=O) groups is 1. The molecule has 2 aromatic rings. The predicted molar refractivity (Wildman–Crippen MR) is 118 cm³/mol. The van der Waals surface area contributed by atoms with Gasteiger partial charge in [0.15, 0.2) is 11.5 Å². The molecule has 0 radical (unpaired) electrons. The molecule has 0 fully saturated rings. The van der Waals surface area contributed by atoms with Crippen LogP contribution < -0.4 is 14.9 Å². The second kappa shape index (κ2) is 12.6. The zero-order chi connectivity index (χ0) is 20.9. The first-order chi connectivity index (χ1) is 14.2. The van der Waals surface area contributed by atoms with Gasteiger partial charge in [0.2, 0.25) is 0 Å². The summed E-state index contributed by atoms with van der Waals surface area (Å²) in [5.74, 6) is 1.18. The summed E-state index contributed by atoms with van der Waals surface area (Å²) in [6, 6.07) is 13.3. The highest BCUT2D eigenvalue weighted by molar-refractivity contribution is 5.94. The Morgan fingerprint density at radius 2 is 1.72 bits per heavy atom. The third kappa shape index (κ3) is 7.60. The number of hydrazone groups is 1. The lowest BCUT2D eigenvalue weighted by Gasteiger charge is -2.12. The normalized spacial score (nSPS) is 10.9. The highest BCUT2D eigenvalue weighted by atomic mass is 16.5. The van der Waals surface area contributed by atoms with Gasteiger partial charge in [-0.25, -0.2) is 5.43 Å². The van der Waals surface area contributed by atoms with Crippen LogP contribution in [-0.4, -0.2) is 25.3 Å². The van der Waals surface area contributed by atoms with Crippen molar-refractivity contribution < 1.29 is 14.3 Å². The van der Waals surface area contributed by atoms with Crippen molar-refractivity contribution in [3.8, 4) is 11.5 Å². The molecule has 0 aliphatic rings. The molecule has 0 aliphatic carbocycles. The molecule has 2 rings (SSSR count). The van der Waals surface area contributed by atoms with Crippen LogP contribution in [0, 0.1) is 0 Å². The molecular formula is C24H32N2O3. The maximum atomic E-state index is 12.3. The molecule has 0 aliphatic heterocycles. The second-order valence-electron chi connectivity index (χ2n) is 6.84. The second-order valence-corrected chi connectivity index (χ2v) is 6.84. The molecule has 0 bridgehead atoms. The van der Waals surface area contributed by atoms with Gasteiger partial charge in [0, 0.05) is 5.56 Å². The van der Waals surface area contributed by atoms with E-state index in [2.05, 4.69) is 24.4 Å². The monoisotopic (exact) mass is 396 g/mol. The molecule has 0 atom stereocenters. The fourth-order valence-corrected chi connectivity index (χ4v) is 2.75. The number of aryl methyl sites for hydroxylation is 1. The molecule has 0 aromatic heterocycles. The van der Waals surface area contributed by atoms with Gasteiger partial charge in [-0.2, -0.15) is 5.10 Å². The quantitative estimate of drug-likeness (QED) is 0.298. The van der Waals surface area contributed by atoms with Crippen molar-refractivity contribution in [2.75, 3.05) is 13.2 Å². The van der Waals surface area contributed by atoms with Crippen molar-refractivity contribution in [3.05, 3.63) is 59.2 Å². The topological polar surface area (TPSA) is 59.9 Å². The minimum Gasteiger partial charge on any atom is -0.490 e. The van der Waals surface area contributed by atoms with Crippen LogP contribution in [-0.2, 0) is 6.42 Å². The first-order valence-corrected chi connectivity index (χ1v) is 10.5. The molecule has 0 spiro atoms. The number of hydrogen-bond donors (Lipinski definition) is 1. The van der Waals surface area contributed by atoms with Gasteiger partial charge in [-0.15, -0.1) is 0 Å². The average Bonchev–Trinajstić information content (AvgIpc) is 2.74. The molecule has 1 amide bonds. The summed E-state index contributed by atoms with van der Waals surface area (Å²) < 4.78 is 11.5. The van der Waals surface area contributed by atoms with Gasteiger partial charge in [-0.3, -0.25) is 4.79 Å². The SMILES string of the molecule is CCCCOc1ccc(C=NNC(=O)c2ccc(CCCC)cc2)cc1OCC. The molecule has 5 heteroatoms. The number of ether oxygens (including phenoxy) is 2. The Balaban J connectivity index is 1.96. The maximum Gasteiger partial charge on any atom is 0.271 e. The van der Waals surface area contributed by atoms with Gasteiger partial charge in [0.1, 0.15) is 0 Å². The largest absolute Gasteiger partial charge is 0.490 e. The first kappa shape index (κ1) is 22.5.